The van der Waals surface area contributed by atoms with Crippen molar-refractivity contribution in [1.82, 2.24) is 0 Å². The van der Waals surface area contributed by atoms with Crippen molar-refractivity contribution in [3.63, 3.8) is 0 Å². The summed E-state index contributed by atoms with van der Waals surface area (Å²) in [4.78, 5) is 0. The second-order valence-corrected chi connectivity index (χ2v) is 8.35. The van der Waals surface area contributed by atoms with Gasteiger partial charge in [-0.15, -0.1) is 0 Å². The second-order valence-electron chi connectivity index (χ2n) is 8.35. The molecule has 1 nitrogen and oxygen atoms in total. The molecular weight excluding hydrogens is 256 g/mol. The summed E-state index contributed by atoms with van der Waals surface area (Å²) in [6.45, 7) is 0. The number of hydrogen-bond donors (Lipinski definition) is 1. The number of hydrogen-bond acceptors (Lipinski definition) is 1. The van der Waals surface area contributed by atoms with E-state index in [1.54, 1.807) is 0 Å². The number of phenolic OH excluding ortho intramolecular Hbond substituents is 1. The van der Waals surface area contributed by atoms with Crippen LogP contribution in [0.3, 0.4) is 0 Å². The molecule has 1 heteroatoms. The number of benzene rings is 1. The van der Waals surface area contributed by atoms with Crippen LogP contribution < -0.4 is 0 Å². The van der Waals surface area contributed by atoms with Gasteiger partial charge in [-0.3, -0.25) is 0 Å². The van der Waals surface area contributed by atoms with Crippen molar-refractivity contribution < 1.29 is 5.11 Å². The molecule has 4 fully saturated rings. The second kappa shape index (κ2) is 4.51. The first kappa shape index (κ1) is 12.6. The Kier molecular flexibility index (Phi) is 2.69. The van der Waals surface area contributed by atoms with Crippen LogP contribution in [0.4, 0.5) is 0 Å². The highest BCUT2D eigenvalue weighted by molar-refractivity contribution is 5.46. The van der Waals surface area contributed by atoms with Gasteiger partial charge in [-0.05, 0) is 85.2 Å². The van der Waals surface area contributed by atoms with Gasteiger partial charge < -0.3 is 5.11 Å². The Labute approximate surface area is 127 Å². The van der Waals surface area contributed by atoms with Crippen LogP contribution in [0.5, 0.6) is 5.75 Å². The van der Waals surface area contributed by atoms with Crippen molar-refractivity contribution in [2.75, 3.05) is 0 Å². The van der Waals surface area contributed by atoms with Gasteiger partial charge in [0.1, 0.15) is 5.75 Å². The van der Waals surface area contributed by atoms with E-state index in [2.05, 4.69) is 18.2 Å². The molecule has 0 saturated heterocycles. The van der Waals surface area contributed by atoms with Crippen molar-refractivity contribution in [1.29, 1.82) is 0 Å². The van der Waals surface area contributed by atoms with Crippen LogP contribution >= 0.6 is 0 Å². The van der Waals surface area contributed by atoms with Crippen LogP contribution in [0.15, 0.2) is 18.2 Å². The minimum atomic E-state index is 0.655. The Hall–Kier alpha value is -0.980. The first-order chi connectivity index (χ1) is 10.3. The van der Waals surface area contributed by atoms with Gasteiger partial charge in [0.25, 0.3) is 0 Å². The monoisotopic (exact) mass is 282 g/mol. The van der Waals surface area contributed by atoms with Crippen LogP contribution in [0.25, 0.3) is 0 Å². The molecule has 4 aliphatic rings. The molecule has 0 aliphatic heterocycles. The lowest BCUT2D eigenvalue weighted by molar-refractivity contribution is 0.377. The first-order valence-corrected chi connectivity index (χ1v) is 9.11. The van der Waals surface area contributed by atoms with Crippen molar-refractivity contribution in [2.45, 2.75) is 63.2 Å². The third-order valence-electron chi connectivity index (χ3n) is 7.37. The minimum Gasteiger partial charge on any atom is -0.507 e. The zero-order valence-corrected chi connectivity index (χ0v) is 12.8. The molecule has 0 aromatic heterocycles. The summed E-state index contributed by atoms with van der Waals surface area (Å²) in [6, 6.07) is 6.66. The van der Waals surface area contributed by atoms with Crippen molar-refractivity contribution in [3.8, 4) is 5.75 Å². The topological polar surface area (TPSA) is 20.2 Å². The van der Waals surface area contributed by atoms with Crippen LogP contribution in [-0.4, -0.2) is 5.11 Å². The van der Waals surface area contributed by atoms with E-state index in [0.29, 0.717) is 17.6 Å². The standard InChI is InChI=1S/C20H26O/c21-20-16(18-10-12-4-6-14(18)8-12)2-1-3-17(20)19-11-13-5-7-15(19)9-13/h1-3,12-15,18-19,21H,4-11H2/t12-,13+,14+,15-,18?,19?. The van der Waals surface area contributed by atoms with Crippen LogP contribution in [-0.2, 0) is 0 Å². The summed E-state index contributed by atoms with van der Waals surface area (Å²) in [5.74, 6) is 5.61. The third kappa shape index (κ3) is 1.82. The van der Waals surface area contributed by atoms with Gasteiger partial charge in [-0.25, -0.2) is 0 Å². The molecule has 4 bridgehead atoms. The largest absolute Gasteiger partial charge is 0.507 e. The molecule has 0 amide bonds. The Morgan fingerprint density at radius 3 is 1.62 bits per heavy atom. The molecule has 1 N–H and O–H groups in total. The zero-order chi connectivity index (χ0) is 14.0. The molecule has 6 atom stereocenters. The summed E-state index contributed by atoms with van der Waals surface area (Å²) < 4.78 is 0. The normalized spacial score (nSPS) is 43.8. The molecule has 0 heterocycles. The van der Waals surface area contributed by atoms with Gasteiger partial charge in [0.2, 0.25) is 0 Å². The Bertz CT molecular complexity index is 517. The average molecular weight is 282 g/mol. The molecule has 112 valence electrons. The Balaban J connectivity index is 1.49. The van der Waals surface area contributed by atoms with Gasteiger partial charge in [0, 0.05) is 0 Å². The average Bonchev–Trinajstić information content (AvgIpc) is 3.27. The maximum atomic E-state index is 11.0. The molecule has 2 unspecified atom stereocenters. The number of para-hydroxylation sites is 1. The van der Waals surface area contributed by atoms with E-state index in [1.807, 2.05) is 0 Å². The molecule has 5 rings (SSSR count). The summed E-state index contributed by atoms with van der Waals surface area (Å²) in [5.41, 5.74) is 2.59. The fourth-order valence-electron chi connectivity index (χ4n) is 6.43. The number of fused-ring (bicyclic) bond motifs is 4. The molecule has 1 aromatic carbocycles. The maximum Gasteiger partial charge on any atom is 0.122 e. The summed E-state index contributed by atoms with van der Waals surface area (Å²) in [5, 5.41) is 11.0. The van der Waals surface area contributed by atoms with Gasteiger partial charge in [-0.2, -0.15) is 0 Å². The molecule has 1 aromatic rings. The van der Waals surface area contributed by atoms with E-state index in [9.17, 15) is 5.11 Å². The lowest BCUT2D eigenvalue weighted by Crippen LogP contribution is -2.12. The fourth-order valence-corrected chi connectivity index (χ4v) is 6.43. The summed E-state index contributed by atoms with van der Waals surface area (Å²) in [6.07, 6.45) is 11.2. The first-order valence-electron chi connectivity index (χ1n) is 9.11. The minimum absolute atomic E-state index is 0.655. The molecule has 4 aliphatic carbocycles. The highest BCUT2D eigenvalue weighted by atomic mass is 16.3. The number of phenols is 1. The number of aromatic hydroxyl groups is 1. The van der Waals surface area contributed by atoms with Crippen molar-refractivity contribution in [3.05, 3.63) is 29.3 Å². The Morgan fingerprint density at radius 2 is 1.24 bits per heavy atom. The van der Waals surface area contributed by atoms with E-state index in [-0.39, 0.29) is 0 Å². The van der Waals surface area contributed by atoms with E-state index in [4.69, 9.17) is 0 Å². The summed E-state index contributed by atoms with van der Waals surface area (Å²) >= 11 is 0. The lowest BCUT2D eigenvalue weighted by Gasteiger charge is -2.27. The fraction of sp³-hybridized carbons (Fsp3) is 0.700. The smallest absolute Gasteiger partial charge is 0.122 e. The quantitative estimate of drug-likeness (QED) is 0.790. The van der Waals surface area contributed by atoms with Gasteiger partial charge in [-0.1, -0.05) is 31.0 Å². The van der Waals surface area contributed by atoms with E-state index in [0.717, 1.165) is 23.7 Å². The highest BCUT2D eigenvalue weighted by Crippen LogP contribution is 2.58. The molecule has 21 heavy (non-hydrogen) atoms. The van der Waals surface area contributed by atoms with E-state index in [1.165, 1.54) is 62.5 Å². The molecular formula is C20H26O. The van der Waals surface area contributed by atoms with Gasteiger partial charge in [0.05, 0.1) is 0 Å². The maximum absolute atomic E-state index is 11.0. The molecule has 4 saturated carbocycles. The zero-order valence-electron chi connectivity index (χ0n) is 12.8. The van der Waals surface area contributed by atoms with Crippen LogP contribution in [0.2, 0.25) is 0 Å². The van der Waals surface area contributed by atoms with E-state index < -0.39 is 0 Å². The third-order valence-corrected chi connectivity index (χ3v) is 7.37. The SMILES string of the molecule is Oc1c(C2C[C@H]3CC[C@@H]2C3)cccc1C1C[C@@H]2CC[C@H]1C2. The van der Waals surface area contributed by atoms with Gasteiger partial charge >= 0.3 is 0 Å². The molecule has 0 radical (unpaired) electrons. The highest BCUT2D eigenvalue weighted by Gasteiger charge is 2.44. The number of rotatable bonds is 2. The Morgan fingerprint density at radius 1 is 0.714 bits per heavy atom. The van der Waals surface area contributed by atoms with Crippen LogP contribution in [0.1, 0.15) is 74.3 Å². The van der Waals surface area contributed by atoms with Gasteiger partial charge in [0.15, 0.2) is 0 Å². The lowest BCUT2D eigenvalue weighted by atomic mass is 9.78. The molecule has 0 spiro atoms. The predicted octanol–water partition coefficient (Wildman–Crippen LogP) is 5.20. The summed E-state index contributed by atoms with van der Waals surface area (Å²) in [7, 11) is 0. The van der Waals surface area contributed by atoms with Crippen molar-refractivity contribution >= 4 is 0 Å². The predicted molar refractivity (Wildman–Crippen MR) is 84.5 cm³/mol. The van der Waals surface area contributed by atoms with E-state index >= 15 is 0 Å². The van der Waals surface area contributed by atoms with Crippen LogP contribution in [0, 0.1) is 23.7 Å². The van der Waals surface area contributed by atoms with Crippen molar-refractivity contribution in [2.24, 2.45) is 23.7 Å².